The normalized spacial score (nSPS) is 11.2. The minimum Gasteiger partial charge on any atom is -0.423 e. The predicted octanol–water partition coefficient (Wildman–Crippen LogP) is 2.77. The van der Waals surface area contributed by atoms with E-state index in [1.807, 2.05) is 19.9 Å². The summed E-state index contributed by atoms with van der Waals surface area (Å²) in [6.07, 6.45) is 0. The van der Waals surface area contributed by atoms with Gasteiger partial charge < -0.3 is 4.74 Å². The van der Waals surface area contributed by atoms with Crippen molar-refractivity contribution < 1.29 is 22.5 Å². The van der Waals surface area contributed by atoms with Crippen molar-refractivity contribution in [2.45, 2.75) is 18.7 Å². The summed E-state index contributed by atoms with van der Waals surface area (Å²) in [5.74, 6) is -0.316. The Morgan fingerprint density at radius 3 is 2.24 bits per heavy atom. The molecule has 5 nitrogen and oxygen atoms in total. The highest BCUT2D eigenvalue weighted by Crippen LogP contribution is 2.19. The highest BCUT2D eigenvalue weighted by Gasteiger charge is 2.14. The molecule has 110 valence electrons. The van der Waals surface area contributed by atoms with Crippen LogP contribution in [-0.2, 0) is 10.1 Å². The zero-order valence-electron chi connectivity index (χ0n) is 11.5. The third kappa shape index (κ3) is 3.48. The summed E-state index contributed by atoms with van der Waals surface area (Å²) < 4.78 is 35.9. The van der Waals surface area contributed by atoms with E-state index in [4.69, 9.17) is 9.29 Å². The van der Waals surface area contributed by atoms with Gasteiger partial charge in [0.25, 0.3) is 10.1 Å². The second kappa shape index (κ2) is 5.67. The maximum Gasteiger partial charge on any atom is 0.343 e. The number of carbonyl (C=O) groups is 1. The monoisotopic (exact) mass is 306 g/mol. The molecule has 0 aromatic heterocycles. The number of hydrogen-bond acceptors (Lipinski definition) is 4. The van der Waals surface area contributed by atoms with Crippen LogP contribution in [0.5, 0.6) is 5.75 Å². The topological polar surface area (TPSA) is 80.7 Å². The molecule has 0 spiro atoms. The lowest BCUT2D eigenvalue weighted by molar-refractivity contribution is 0.0734. The lowest BCUT2D eigenvalue weighted by Crippen LogP contribution is -2.11. The first-order valence-corrected chi connectivity index (χ1v) is 7.59. The molecule has 0 aliphatic heterocycles. The van der Waals surface area contributed by atoms with E-state index in [2.05, 4.69) is 0 Å². The number of ether oxygens (including phenoxy) is 1. The zero-order chi connectivity index (χ0) is 15.6. The Labute approximate surface area is 122 Å². The summed E-state index contributed by atoms with van der Waals surface area (Å²) in [4.78, 5) is 11.8. The average Bonchev–Trinajstić information content (AvgIpc) is 2.41. The maximum atomic E-state index is 12.1. The van der Waals surface area contributed by atoms with Crippen molar-refractivity contribution in [3.63, 3.8) is 0 Å². The van der Waals surface area contributed by atoms with Gasteiger partial charge in [0.05, 0.1) is 10.5 Å². The van der Waals surface area contributed by atoms with Crippen molar-refractivity contribution in [1.82, 2.24) is 0 Å². The van der Waals surface area contributed by atoms with E-state index in [1.165, 1.54) is 24.3 Å². The predicted molar refractivity (Wildman–Crippen MR) is 77.1 cm³/mol. The molecule has 0 heterocycles. The van der Waals surface area contributed by atoms with Crippen LogP contribution < -0.4 is 4.74 Å². The molecule has 6 heteroatoms. The standard InChI is InChI=1S/C15H14O5S/c1-10-4-3-5-14(11(10)2)15(16)20-12-6-8-13(9-7-12)21(17,18)19/h3-9H,1-2H3,(H,17,18,19). The molecule has 1 N–H and O–H groups in total. The molecule has 0 saturated carbocycles. The van der Waals surface area contributed by atoms with Gasteiger partial charge in [0.15, 0.2) is 0 Å². The van der Waals surface area contributed by atoms with Gasteiger partial charge in [0.1, 0.15) is 5.75 Å². The first kappa shape index (κ1) is 15.2. The van der Waals surface area contributed by atoms with Crippen molar-refractivity contribution in [3.8, 4) is 5.75 Å². The molecule has 21 heavy (non-hydrogen) atoms. The maximum absolute atomic E-state index is 12.1. The van der Waals surface area contributed by atoms with Gasteiger partial charge in [0.2, 0.25) is 0 Å². The Kier molecular flexibility index (Phi) is 4.11. The Bertz CT molecular complexity index is 776. The summed E-state index contributed by atoms with van der Waals surface area (Å²) >= 11 is 0. The quantitative estimate of drug-likeness (QED) is 0.536. The van der Waals surface area contributed by atoms with Gasteiger partial charge >= 0.3 is 5.97 Å². The van der Waals surface area contributed by atoms with E-state index >= 15 is 0 Å². The molecule has 0 aliphatic carbocycles. The number of carbonyl (C=O) groups excluding carboxylic acids is 1. The molecule has 0 atom stereocenters. The van der Waals surface area contributed by atoms with Crippen LogP contribution in [-0.4, -0.2) is 18.9 Å². The summed E-state index contributed by atoms with van der Waals surface area (Å²) in [5.41, 5.74) is 2.26. The molecule has 2 aromatic carbocycles. The molecule has 2 aromatic rings. The number of rotatable bonds is 3. The summed E-state index contributed by atoms with van der Waals surface area (Å²) in [6, 6.07) is 10.3. The van der Waals surface area contributed by atoms with E-state index in [1.54, 1.807) is 12.1 Å². The SMILES string of the molecule is Cc1cccc(C(=O)Oc2ccc(S(=O)(=O)O)cc2)c1C. The van der Waals surface area contributed by atoms with E-state index in [-0.39, 0.29) is 10.6 Å². The summed E-state index contributed by atoms with van der Waals surface area (Å²) in [7, 11) is -4.25. The fourth-order valence-electron chi connectivity index (χ4n) is 1.81. The Morgan fingerprint density at radius 1 is 1.05 bits per heavy atom. The molecule has 0 saturated heterocycles. The molecule has 0 unspecified atom stereocenters. The second-order valence-corrected chi connectivity index (χ2v) is 6.00. The van der Waals surface area contributed by atoms with Crippen LogP contribution in [0.4, 0.5) is 0 Å². The van der Waals surface area contributed by atoms with E-state index in [0.29, 0.717) is 5.56 Å². The van der Waals surface area contributed by atoms with Crippen molar-refractivity contribution >= 4 is 16.1 Å². The first-order valence-electron chi connectivity index (χ1n) is 6.15. The average molecular weight is 306 g/mol. The van der Waals surface area contributed by atoms with Gasteiger partial charge in [-0.1, -0.05) is 12.1 Å². The Morgan fingerprint density at radius 2 is 1.67 bits per heavy atom. The van der Waals surface area contributed by atoms with Crippen LogP contribution in [0.25, 0.3) is 0 Å². The van der Waals surface area contributed by atoms with Gasteiger partial charge in [-0.05, 0) is 55.3 Å². The summed E-state index contributed by atoms with van der Waals surface area (Å²) in [6.45, 7) is 3.72. The second-order valence-electron chi connectivity index (χ2n) is 4.58. The number of esters is 1. The lowest BCUT2D eigenvalue weighted by atomic mass is 10.0. The van der Waals surface area contributed by atoms with Crippen LogP contribution >= 0.6 is 0 Å². The van der Waals surface area contributed by atoms with Crippen LogP contribution in [0.3, 0.4) is 0 Å². The van der Waals surface area contributed by atoms with Gasteiger partial charge in [-0.15, -0.1) is 0 Å². The molecular weight excluding hydrogens is 292 g/mol. The molecule has 0 fully saturated rings. The lowest BCUT2D eigenvalue weighted by Gasteiger charge is -2.08. The van der Waals surface area contributed by atoms with Gasteiger partial charge in [-0.25, -0.2) is 4.79 Å². The zero-order valence-corrected chi connectivity index (χ0v) is 12.3. The summed E-state index contributed by atoms with van der Waals surface area (Å²) in [5, 5.41) is 0. The van der Waals surface area contributed by atoms with E-state index < -0.39 is 16.1 Å². The molecule has 2 rings (SSSR count). The van der Waals surface area contributed by atoms with Gasteiger partial charge in [-0.3, -0.25) is 4.55 Å². The fourth-order valence-corrected chi connectivity index (χ4v) is 2.29. The number of aryl methyl sites for hydroxylation is 1. The van der Waals surface area contributed by atoms with Crippen LogP contribution in [0.1, 0.15) is 21.5 Å². The van der Waals surface area contributed by atoms with Gasteiger partial charge in [-0.2, -0.15) is 8.42 Å². The molecule has 0 aliphatic rings. The van der Waals surface area contributed by atoms with Crippen LogP contribution in [0, 0.1) is 13.8 Å². The highest BCUT2D eigenvalue weighted by atomic mass is 32.2. The first-order chi connectivity index (χ1) is 9.79. The minimum absolute atomic E-state index is 0.202. The molecule has 0 bridgehead atoms. The van der Waals surface area contributed by atoms with Crippen molar-refractivity contribution in [1.29, 1.82) is 0 Å². The van der Waals surface area contributed by atoms with Crippen LogP contribution in [0.2, 0.25) is 0 Å². The van der Waals surface area contributed by atoms with Crippen molar-refractivity contribution in [3.05, 3.63) is 59.2 Å². The molecule has 0 radical (unpaired) electrons. The van der Waals surface area contributed by atoms with Crippen molar-refractivity contribution in [2.75, 3.05) is 0 Å². The third-order valence-corrected chi connectivity index (χ3v) is 4.02. The smallest absolute Gasteiger partial charge is 0.343 e. The van der Waals surface area contributed by atoms with E-state index in [0.717, 1.165) is 11.1 Å². The number of hydrogen-bond donors (Lipinski definition) is 1. The fraction of sp³-hybridized carbons (Fsp3) is 0.133. The highest BCUT2D eigenvalue weighted by molar-refractivity contribution is 7.85. The third-order valence-electron chi connectivity index (χ3n) is 3.16. The molecular formula is C15H14O5S. The Balaban J connectivity index is 2.22. The van der Waals surface area contributed by atoms with Gasteiger partial charge in [0, 0.05) is 0 Å². The van der Waals surface area contributed by atoms with Crippen molar-refractivity contribution in [2.24, 2.45) is 0 Å². The molecule has 0 amide bonds. The largest absolute Gasteiger partial charge is 0.423 e. The van der Waals surface area contributed by atoms with E-state index in [9.17, 15) is 13.2 Å². The van der Waals surface area contributed by atoms with Crippen LogP contribution in [0.15, 0.2) is 47.4 Å². The Hall–Kier alpha value is -2.18. The minimum atomic E-state index is -4.25. The number of benzene rings is 2.